The zero-order valence-corrected chi connectivity index (χ0v) is 31.7. The number of hydrogen-bond acceptors (Lipinski definition) is 9. The summed E-state index contributed by atoms with van der Waals surface area (Å²) in [5, 5.41) is 23.3. The number of carbonyl (C=O) groups excluding carboxylic acids is 3. The van der Waals surface area contributed by atoms with Gasteiger partial charge in [0.2, 0.25) is 17.6 Å². The molecule has 4 aromatic rings. The van der Waals surface area contributed by atoms with Gasteiger partial charge in [0.15, 0.2) is 0 Å². The molecule has 2 heterocycles. The monoisotopic (exact) mass is 734 g/mol. The summed E-state index contributed by atoms with van der Waals surface area (Å²) in [5.74, 6) is 0.217. The average Bonchev–Trinajstić information content (AvgIpc) is 3.75. The fourth-order valence-electron chi connectivity index (χ4n) is 8.00. The fraction of sp³-hybridized carbons (Fsp3) is 0.488. The predicted molar refractivity (Wildman–Crippen MR) is 209 cm³/mol. The first-order valence-electron chi connectivity index (χ1n) is 19.5. The van der Waals surface area contributed by atoms with Crippen molar-refractivity contribution < 1.29 is 14.4 Å². The number of benzene rings is 2. The van der Waals surface area contributed by atoms with Crippen molar-refractivity contribution in [3.05, 3.63) is 77.6 Å². The second-order valence-corrected chi connectivity index (χ2v) is 14.8. The molecule has 0 radical (unpaired) electrons. The van der Waals surface area contributed by atoms with Crippen molar-refractivity contribution in [3.63, 3.8) is 0 Å². The van der Waals surface area contributed by atoms with Crippen LogP contribution in [0.15, 0.2) is 60.8 Å². The number of tetrazole rings is 1. The molecule has 54 heavy (non-hydrogen) atoms. The first-order valence-corrected chi connectivity index (χ1v) is 19.5. The van der Waals surface area contributed by atoms with Gasteiger partial charge in [0, 0.05) is 47.4 Å². The van der Waals surface area contributed by atoms with E-state index < -0.39 is 6.04 Å². The summed E-state index contributed by atoms with van der Waals surface area (Å²) in [4.78, 5) is 47.4. The lowest BCUT2D eigenvalue weighted by atomic mass is 9.81. The minimum Gasteiger partial charge on any atom is -0.348 e. The van der Waals surface area contributed by atoms with Crippen molar-refractivity contribution in [1.82, 2.24) is 41.1 Å². The maximum absolute atomic E-state index is 13.7. The Bertz CT molecular complexity index is 1830. The molecule has 286 valence electrons. The number of aromatic amines is 1. The SMILES string of the molecule is CCN(CC)C1CCC(NC(=O)c2cc(C)c(-c3ccc(C[C@H](NC(=O)C4CCC(CN)CC4)C(=O)Nc4ccc(-c5nn[nH]n5)cc4)cc3)cn2)CC1. The van der Waals surface area contributed by atoms with Crippen molar-refractivity contribution in [2.75, 3.05) is 25.0 Å². The van der Waals surface area contributed by atoms with Crippen molar-refractivity contribution in [2.45, 2.75) is 96.7 Å². The second kappa shape index (κ2) is 18.4. The summed E-state index contributed by atoms with van der Waals surface area (Å²) in [6.45, 7) is 9.16. The lowest BCUT2D eigenvalue weighted by Gasteiger charge is -2.36. The first kappa shape index (κ1) is 38.7. The minimum atomic E-state index is -0.791. The number of aryl methyl sites for hydroxylation is 1. The maximum atomic E-state index is 13.7. The van der Waals surface area contributed by atoms with Crippen molar-refractivity contribution >= 4 is 23.4 Å². The van der Waals surface area contributed by atoms with Gasteiger partial charge >= 0.3 is 0 Å². The van der Waals surface area contributed by atoms with Gasteiger partial charge in [0.25, 0.3) is 5.91 Å². The summed E-state index contributed by atoms with van der Waals surface area (Å²) in [6, 6.07) is 16.9. The Hall–Kier alpha value is -5.01. The molecular formula is C41H54N10O3. The van der Waals surface area contributed by atoms with E-state index in [9.17, 15) is 14.4 Å². The van der Waals surface area contributed by atoms with Gasteiger partial charge in [-0.1, -0.05) is 38.1 Å². The van der Waals surface area contributed by atoms with Crippen LogP contribution in [0.25, 0.3) is 22.5 Å². The molecule has 2 aromatic carbocycles. The quantitative estimate of drug-likeness (QED) is 0.118. The summed E-state index contributed by atoms with van der Waals surface area (Å²) in [5.41, 5.74) is 11.4. The van der Waals surface area contributed by atoms with Crippen LogP contribution in [0.3, 0.4) is 0 Å². The van der Waals surface area contributed by atoms with Gasteiger partial charge < -0.3 is 26.6 Å². The second-order valence-electron chi connectivity index (χ2n) is 14.8. The average molecular weight is 735 g/mol. The molecule has 3 amide bonds. The lowest BCUT2D eigenvalue weighted by molar-refractivity contribution is -0.130. The Labute approximate surface area is 317 Å². The van der Waals surface area contributed by atoms with Crippen LogP contribution in [0.1, 0.15) is 86.8 Å². The largest absolute Gasteiger partial charge is 0.348 e. The maximum Gasteiger partial charge on any atom is 0.270 e. The Morgan fingerprint density at radius 2 is 1.59 bits per heavy atom. The van der Waals surface area contributed by atoms with E-state index in [1.54, 1.807) is 30.5 Å². The molecule has 13 nitrogen and oxygen atoms in total. The third kappa shape index (κ3) is 9.74. The molecule has 0 aliphatic heterocycles. The van der Waals surface area contributed by atoms with Gasteiger partial charge in [-0.3, -0.25) is 19.4 Å². The Balaban J connectivity index is 1.10. The van der Waals surface area contributed by atoms with E-state index in [1.807, 2.05) is 37.3 Å². The number of rotatable bonds is 14. The third-order valence-corrected chi connectivity index (χ3v) is 11.3. The number of nitrogens with one attached hydrogen (secondary N) is 4. The van der Waals surface area contributed by atoms with E-state index >= 15 is 0 Å². The van der Waals surface area contributed by atoms with Crippen LogP contribution in [-0.2, 0) is 16.0 Å². The molecule has 0 bridgehead atoms. The smallest absolute Gasteiger partial charge is 0.270 e. The van der Waals surface area contributed by atoms with E-state index in [4.69, 9.17) is 5.73 Å². The summed E-state index contributed by atoms with van der Waals surface area (Å²) in [6.07, 6.45) is 9.58. The zero-order valence-electron chi connectivity index (χ0n) is 31.7. The molecule has 13 heteroatoms. The number of hydrogen-bond donors (Lipinski definition) is 5. The third-order valence-electron chi connectivity index (χ3n) is 11.3. The van der Waals surface area contributed by atoms with Gasteiger partial charge in [-0.05, 0) is 136 Å². The molecule has 0 unspecified atom stereocenters. The Kier molecular flexibility index (Phi) is 13.2. The molecule has 0 saturated heterocycles. The fourth-order valence-corrected chi connectivity index (χ4v) is 8.00. The Morgan fingerprint density at radius 1 is 0.907 bits per heavy atom. The van der Waals surface area contributed by atoms with Gasteiger partial charge in [0.05, 0.1) is 0 Å². The molecule has 0 spiro atoms. The van der Waals surface area contributed by atoms with Crippen molar-refractivity contribution in [3.8, 4) is 22.5 Å². The normalized spacial score (nSPS) is 20.6. The molecule has 1 atom stereocenters. The highest BCUT2D eigenvalue weighted by Gasteiger charge is 2.30. The van der Waals surface area contributed by atoms with Crippen LogP contribution in [0.4, 0.5) is 5.69 Å². The molecule has 2 aromatic heterocycles. The minimum absolute atomic E-state index is 0.104. The topological polar surface area (TPSA) is 184 Å². The summed E-state index contributed by atoms with van der Waals surface area (Å²) in [7, 11) is 0. The van der Waals surface area contributed by atoms with E-state index in [0.717, 1.165) is 92.3 Å². The summed E-state index contributed by atoms with van der Waals surface area (Å²) < 4.78 is 0. The molecule has 2 aliphatic carbocycles. The van der Waals surface area contributed by atoms with Crippen LogP contribution in [0.2, 0.25) is 0 Å². The molecule has 6 rings (SSSR count). The lowest BCUT2D eigenvalue weighted by Crippen LogP contribution is -2.48. The molecular weight excluding hydrogens is 681 g/mol. The highest BCUT2D eigenvalue weighted by Crippen LogP contribution is 2.29. The first-order chi connectivity index (χ1) is 26.2. The highest BCUT2D eigenvalue weighted by molar-refractivity contribution is 5.98. The number of aromatic nitrogens is 5. The molecule has 2 fully saturated rings. The number of amides is 3. The van der Waals surface area contributed by atoms with Crippen LogP contribution in [0, 0.1) is 18.8 Å². The van der Waals surface area contributed by atoms with E-state index in [-0.39, 0.29) is 29.7 Å². The number of pyridine rings is 1. The van der Waals surface area contributed by atoms with E-state index in [2.05, 4.69) is 60.3 Å². The van der Waals surface area contributed by atoms with Crippen molar-refractivity contribution in [2.24, 2.45) is 17.6 Å². The summed E-state index contributed by atoms with van der Waals surface area (Å²) >= 11 is 0. The van der Waals surface area contributed by atoms with Crippen LogP contribution in [0.5, 0.6) is 0 Å². The molecule has 2 saturated carbocycles. The van der Waals surface area contributed by atoms with Gasteiger partial charge in [0.1, 0.15) is 11.7 Å². The number of anilines is 1. The highest BCUT2D eigenvalue weighted by atomic mass is 16.2. The predicted octanol–water partition coefficient (Wildman–Crippen LogP) is 5.05. The van der Waals surface area contributed by atoms with Crippen molar-refractivity contribution in [1.29, 1.82) is 0 Å². The Morgan fingerprint density at radius 3 is 2.20 bits per heavy atom. The number of nitrogens with two attached hydrogens (primary N) is 1. The van der Waals surface area contributed by atoms with Gasteiger partial charge in [-0.2, -0.15) is 5.21 Å². The molecule has 2 aliphatic rings. The zero-order chi connectivity index (χ0) is 38.0. The van der Waals surface area contributed by atoms with Crippen LogP contribution >= 0.6 is 0 Å². The van der Waals surface area contributed by atoms with Gasteiger partial charge in [-0.25, -0.2) is 0 Å². The number of carbonyl (C=O) groups is 3. The van der Waals surface area contributed by atoms with E-state index in [0.29, 0.717) is 42.1 Å². The molecule has 6 N–H and O–H groups in total. The number of H-pyrrole nitrogens is 1. The van der Waals surface area contributed by atoms with Gasteiger partial charge in [-0.15, -0.1) is 10.2 Å². The number of nitrogens with zero attached hydrogens (tertiary/aromatic N) is 5. The van der Waals surface area contributed by atoms with Crippen LogP contribution in [-0.4, -0.2) is 86.0 Å². The standard InChI is InChI=1S/C41H54N10O3/c1-4-51(5-2)34-20-18-33(19-21-34)44-40(53)36-22-26(3)35(25-43-36)29-10-6-27(7-11-29)23-37(46-39(52)31-12-8-28(24-42)9-13-31)41(54)45-32-16-14-30(15-17-32)38-47-49-50-48-38/h6-7,10-11,14-17,22,25,28,31,33-34,37H,4-5,8-9,12-13,18-21,23-24,42H2,1-3H3,(H,44,53)(H,45,54)(H,46,52)(H,47,48,49,50)/t28?,31?,33?,34?,37-/m0/s1. The van der Waals surface area contributed by atoms with E-state index in [1.165, 1.54) is 0 Å². The van der Waals surface area contributed by atoms with Crippen LogP contribution < -0.4 is 21.7 Å².